The van der Waals surface area contributed by atoms with E-state index >= 15 is 0 Å². The molecular weight excluding hydrogens is 198 g/mol. The van der Waals surface area contributed by atoms with Crippen LogP contribution < -0.4 is 17.2 Å². The van der Waals surface area contributed by atoms with E-state index < -0.39 is 0 Å². The van der Waals surface area contributed by atoms with Crippen LogP contribution >= 0.6 is 0 Å². The van der Waals surface area contributed by atoms with Crippen molar-refractivity contribution in [2.24, 2.45) is 23.1 Å². The van der Waals surface area contributed by atoms with Crippen LogP contribution in [0.25, 0.3) is 0 Å². The van der Waals surface area contributed by atoms with E-state index in [-0.39, 0.29) is 0 Å². The van der Waals surface area contributed by atoms with Crippen LogP contribution in [0.15, 0.2) is 24.3 Å². The lowest BCUT2D eigenvalue weighted by Gasteiger charge is -2.13. The first-order valence-corrected chi connectivity index (χ1v) is 5.98. The minimum atomic E-state index is 0.555. The maximum absolute atomic E-state index is 5.70. The van der Waals surface area contributed by atoms with Gasteiger partial charge >= 0.3 is 0 Å². The lowest BCUT2D eigenvalue weighted by Crippen LogP contribution is -2.18. The van der Waals surface area contributed by atoms with Gasteiger partial charge in [0.1, 0.15) is 0 Å². The largest absolute Gasteiger partial charge is 0.330 e. The van der Waals surface area contributed by atoms with Gasteiger partial charge in [0.15, 0.2) is 0 Å². The summed E-state index contributed by atoms with van der Waals surface area (Å²) in [5.74, 6) is 0.555. The summed E-state index contributed by atoms with van der Waals surface area (Å²) in [6, 6.07) is 8.49. The van der Waals surface area contributed by atoms with Crippen LogP contribution in [0, 0.1) is 5.92 Å². The SMILES string of the molecule is NCCC(CN)CCc1ccc(CN)cc1. The summed E-state index contributed by atoms with van der Waals surface area (Å²) in [6.45, 7) is 2.07. The first kappa shape index (κ1) is 13.2. The zero-order chi connectivity index (χ0) is 11.8. The lowest BCUT2D eigenvalue weighted by molar-refractivity contribution is 0.467. The van der Waals surface area contributed by atoms with E-state index in [2.05, 4.69) is 24.3 Å². The molecule has 0 aliphatic heterocycles. The van der Waals surface area contributed by atoms with E-state index in [0.29, 0.717) is 12.5 Å². The Morgan fingerprint density at radius 3 is 2.00 bits per heavy atom. The standard InChI is InChI=1S/C13H23N3/c14-8-7-13(10-16)6-3-11-1-4-12(9-15)5-2-11/h1-2,4-5,13H,3,6-10,14-16H2. The molecule has 1 rings (SSSR count). The van der Waals surface area contributed by atoms with Crippen LogP contribution in [-0.2, 0) is 13.0 Å². The minimum absolute atomic E-state index is 0.555. The molecular formula is C13H23N3. The average Bonchev–Trinajstić information content (AvgIpc) is 2.35. The van der Waals surface area contributed by atoms with Crippen LogP contribution in [0.4, 0.5) is 0 Å². The monoisotopic (exact) mass is 221 g/mol. The second-order valence-corrected chi connectivity index (χ2v) is 4.24. The van der Waals surface area contributed by atoms with Gasteiger partial charge in [0, 0.05) is 6.54 Å². The van der Waals surface area contributed by atoms with Crippen LogP contribution in [-0.4, -0.2) is 13.1 Å². The van der Waals surface area contributed by atoms with Gasteiger partial charge in [0.2, 0.25) is 0 Å². The molecule has 16 heavy (non-hydrogen) atoms. The third-order valence-electron chi connectivity index (χ3n) is 3.01. The van der Waals surface area contributed by atoms with Crippen molar-refractivity contribution < 1.29 is 0 Å². The summed E-state index contributed by atoms with van der Waals surface area (Å²) >= 11 is 0. The highest BCUT2D eigenvalue weighted by Gasteiger charge is 2.05. The fourth-order valence-corrected chi connectivity index (χ4v) is 1.83. The Kier molecular flexibility index (Phi) is 6.08. The molecule has 0 fully saturated rings. The van der Waals surface area contributed by atoms with Crippen molar-refractivity contribution in [2.45, 2.75) is 25.8 Å². The molecule has 3 nitrogen and oxygen atoms in total. The highest BCUT2D eigenvalue weighted by atomic mass is 14.6. The highest BCUT2D eigenvalue weighted by Crippen LogP contribution is 2.12. The number of nitrogens with two attached hydrogens (primary N) is 3. The molecule has 1 atom stereocenters. The molecule has 1 unspecified atom stereocenters. The third-order valence-corrected chi connectivity index (χ3v) is 3.01. The van der Waals surface area contributed by atoms with Gasteiger partial charge < -0.3 is 17.2 Å². The van der Waals surface area contributed by atoms with Gasteiger partial charge in [-0.25, -0.2) is 0 Å². The predicted octanol–water partition coefficient (Wildman–Crippen LogP) is 1.00. The molecule has 0 amide bonds. The molecule has 0 heterocycles. The zero-order valence-corrected chi connectivity index (χ0v) is 9.86. The molecule has 0 aromatic heterocycles. The van der Waals surface area contributed by atoms with Crippen molar-refractivity contribution in [1.82, 2.24) is 0 Å². The molecule has 0 bridgehead atoms. The molecule has 0 saturated carbocycles. The molecule has 90 valence electrons. The van der Waals surface area contributed by atoms with Crippen molar-refractivity contribution in [3.8, 4) is 0 Å². The summed E-state index contributed by atoms with van der Waals surface area (Å²) in [7, 11) is 0. The Bertz CT molecular complexity index is 282. The van der Waals surface area contributed by atoms with Crippen molar-refractivity contribution in [3.05, 3.63) is 35.4 Å². The zero-order valence-electron chi connectivity index (χ0n) is 9.86. The van der Waals surface area contributed by atoms with E-state index in [1.165, 1.54) is 11.1 Å². The van der Waals surface area contributed by atoms with Crippen LogP contribution in [0.3, 0.4) is 0 Å². The molecule has 1 aromatic carbocycles. The maximum atomic E-state index is 5.70. The smallest absolute Gasteiger partial charge is 0.0178 e. The summed E-state index contributed by atoms with van der Waals surface area (Å²) in [5.41, 5.74) is 19.3. The molecule has 1 aromatic rings. The van der Waals surface area contributed by atoms with Gasteiger partial charge in [-0.15, -0.1) is 0 Å². The normalized spacial score (nSPS) is 12.7. The van der Waals surface area contributed by atoms with Crippen molar-refractivity contribution >= 4 is 0 Å². The highest BCUT2D eigenvalue weighted by molar-refractivity contribution is 5.22. The first-order chi connectivity index (χ1) is 7.80. The Balaban J connectivity index is 2.40. The van der Waals surface area contributed by atoms with Crippen LogP contribution in [0.5, 0.6) is 0 Å². The summed E-state index contributed by atoms with van der Waals surface area (Å²) in [6.07, 6.45) is 3.22. The number of aryl methyl sites for hydroxylation is 1. The van der Waals surface area contributed by atoms with E-state index in [9.17, 15) is 0 Å². The molecule has 0 aliphatic rings. The van der Waals surface area contributed by atoms with Gasteiger partial charge in [0.05, 0.1) is 0 Å². The van der Waals surface area contributed by atoms with Gasteiger partial charge in [-0.2, -0.15) is 0 Å². The summed E-state index contributed by atoms with van der Waals surface area (Å²) in [5, 5.41) is 0. The number of hydrogen-bond donors (Lipinski definition) is 3. The number of rotatable bonds is 7. The van der Waals surface area contributed by atoms with Gasteiger partial charge in [0.25, 0.3) is 0 Å². The predicted molar refractivity (Wildman–Crippen MR) is 68.9 cm³/mol. The Morgan fingerprint density at radius 1 is 0.875 bits per heavy atom. The van der Waals surface area contributed by atoms with Gasteiger partial charge in [-0.05, 0) is 49.4 Å². The lowest BCUT2D eigenvalue weighted by atomic mass is 9.96. The summed E-state index contributed by atoms with van der Waals surface area (Å²) < 4.78 is 0. The van der Waals surface area contributed by atoms with Crippen molar-refractivity contribution in [2.75, 3.05) is 13.1 Å². The average molecular weight is 221 g/mol. The van der Waals surface area contributed by atoms with E-state index in [0.717, 1.165) is 32.4 Å². The Labute approximate surface area is 98.0 Å². The molecule has 6 N–H and O–H groups in total. The minimum Gasteiger partial charge on any atom is -0.330 e. The molecule has 0 radical (unpaired) electrons. The van der Waals surface area contributed by atoms with E-state index in [1.54, 1.807) is 0 Å². The Hall–Kier alpha value is -0.900. The van der Waals surface area contributed by atoms with Crippen LogP contribution in [0.2, 0.25) is 0 Å². The van der Waals surface area contributed by atoms with Gasteiger partial charge in [-0.1, -0.05) is 24.3 Å². The first-order valence-electron chi connectivity index (χ1n) is 5.98. The van der Waals surface area contributed by atoms with E-state index in [1.807, 2.05) is 0 Å². The van der Waals surface area contributed by atoms with Crippen molar-refractivity contribution in [1.29, 1.82) is 0 Å². The molecule has 3 heteroatoms. The topological polar surface area (TPSA) is 78.1 Å². The second kappa shape index (κ2) is 7.39. The van der Waals surface area contributed by atoms with Gasteiger partial charge in [-0.3, -0.25) is 0 Å². The van der Waals surface area contributed by atoms with Crippen LogP contribution in [0.1, 0.15) is 24.0 Å². The number of hydrogen-bond acceptors (Lipinski definition) is 3. The molecule has 0 aliphatic carbocycles. The maximum Gasteiger partial charge on any atom is 0.0178 e. The third kappa shape index (κ3) is 4.31. The number of benzene rings is 1. The second-order valence-electron chi connectivity index (χ2n) is 4.24. The summed E-state index contributed by atoms with van der Waals surface area (Å²) in [4.78, 5) is 0. The fraction of sp³-hybridized carbons (Fsp3) is 0.538. The molecule has 0 spiro atoms. The van der Waals surface area contributed by atoms with Crippen molar-refractivity contribution in [3.63, 3.8) is 0 Å². The fourth-order valence-electron chi connectivity index (χ4n) is 1.83. The quantitative estimate of drug-likeness (QED) is 0.643. The molecule has 0 saturated heterocycles. The Morgan fingerprint density at radius 2 is 1.50 bits per heavy atom. The van der Waals surface area contributed by atoms with E-state index in [4.69, 9.17) is 17.2 Å².